The molecule has 0 saturated carbocycles. The number of carbonyl (C=O) groups excluding carboxylic acids is 1. The van der Waals surface area contributed by atoms with Gasteiger partial charge in [0.2, 0.25) is 5.91 Å². The van der Waals surface area contributed by atoms with Crippen LogP contribution in [0.3, 0.4) is 0 Å². The molecular formula is C22H22ClN3O. The molecule has 2 heterocycles. The lowest BCUT2D eigenvalue weighted by Gasteiger charge is -2.32. The van der Waals surface area contributed by atoms with E-state index in [4.69, 9.17) is 5.26 Å². The van der Waals surface area contributed by atoms with Crippen LogP contribution >= 0.6 is 12.4 Å². The number of rotatable bonds is 3. The molecule has 4 rings (SSSR count). The number of nitrogens with zero attached hydrogens (tertiary/aromatic N) is 2. The molecule has 4 nitrogen and oxygen atoms in total. The van der Waals surface area contributed by atoms with Crippen LogP contribution in [0.1, 0.15) is 41.1 Å². The van der Waals surface area contributed by atoms with Crippen molar-refractivity contribution in [3.63, 3.8) is 0 Å². The average Bonchev–Trinajstić information content (AvgIpc) is 3.16. The average molecular weight is 380 g/mol. The zero-order chi connectivity index (χ0) is 17.9. The maximum atomic E-state index is 12.3. The van der Waals surface area contributed by atoms with E-state index in [1.165, 1.54) is 36.6 Å². The number of amides is 1. The van der Waals surface area contributed by atoms with Gasteiger partial charge in [-0.1, -0.05) is 24.3 Å². The molecule has 5 heteroatoms. The molecule has 0 spiro atoms. The molecule has 2 aromatic carbocycles. The van der Waals surface area contributed by atoms with Crippen molar-refractivity contribution in [3.8, 4) is 6.07 Å². The van der Waals surface area contributed by atoms with Gasteiger partial charge in [-0.05, 0) is 66.8 Å². The van der Waals surface area contributed by atoms with Crippen LogP contribution in [0.25, 0.3) is 6.08 Å². The smallest absolute Gasteiger partial charge is 0.248 e. The third-order valence-corrected chi connectivity index (χ3v) is 5.30. The summed E-state index contributed by atoms with van der Waals surface area (Å²) in [6.07, 6.45) is 6.71. The number of fused-ring (bicyclic) bond motifs is 3. The Morgan fingerprint density at radius 3 is 2.93 bits per heavy atom. The summed E-state index contributed by atoms with van der Waals surface area (Å²) in [6, 6.07) is 16.2. The van der Waals surface area contributed by atoms with Crippen molar-refractivity contribution in [2.24, 2.45) is 0 Å². The van der Waals surface area contributed by atoms with Crippen molar-refractivity contribution in [2.75, 3.05) is 18.4 Å². The summed E-state index contributed by atoms with van der Waals surface area (Å²) < 4.78 is 0. The van der Waals surface area contributed by atoms with Gasteiger partial charge < -0.3 is 5.32 Å². The Kier molecular flexibility index (Phi) is 5.95. The molecular weight excluding hydrogens is 358 g/mol. The minimum atomic E-state index is -0.184. The lowest BCUT2D eigenvalue weighted by atomic mass is 9.92. The van der Waals surface area contributed by atoms with E-state index in [0.717, 1.165) is 24.2 Å². The number of hydrogen-bond donors (Lipinski definition) is 1. The van der Waals surface area contributed by atoms with Gasteiger partial charge in [0.25, 0.3) is 0 Å². The van der Waals surface area contributed by atoms with Gasteiger partial charge in [0.05, 0.1) is 11.6 Å². The zero-order valence-electron chi connectivity index (χ0n) is 15.0. The van der Waals surface area contributed by atoms with Gasteiger partial charge in [0, 0.05) is 24.4 Å². The molecule has 2 aromatic rings. The van der Waals surface area contributed by atoms with Crippen LogP contribution in [0, 0.1) is 11.3 Å². The van der Waals surface area contributed by atoms with Crippen molar-refractivity contribution in [1.82, 2.24) is 4.90 Å². The molecule has 0 aromatic heterocycles. The summed E-state index contributed by atoms with van der Waals surface area (Å²) in [7, 11) is 0. The largest absolute Gasteiger partial charge is 0.323 e. The Balaban J connectivity index is 0.00000210. The van der Waals surface area contributed by atoms with E-state index in [1.807, 2.05) is 24.3 Å². The van der Waals surface area contributed by atoms with Crippen molar-refractivity contribution >= 4 is 30.1 Å². The van der Waals surface area contributed by atoms with Crippen LogP contribution in [0.2, 0.25) is 0 Å². The summed E-state index contributed by atoms with van der Waals surface area (Å²) >= 11 is 0. The number of nitrogens with one attached hydrogen (secondary N) is 1. The molecule has 1 fully saturated rings. The minimum Gasteiger partial charge on any atom is -0.323 e. The highest BCUT2D eigenvalue weighted by Crippen LogP contribution is 2.38. The Morgan fingerprint density at radius 2 is 2.07 bits per heavy atom. The highest BCUT2D eigenvalue weighted by molar-refractivity contribution is 6.02. The predicted molar refractivity (Wildman–Crippen MR) is 110 cm³/mol. The Morgan fingerprint density at radius 1 is 1.22 bits per heavy atom. The molecule has 0 radical (unpaired) electrons. The van der Waals surface area contributed by atoms with Crippen LogP contribution in [0.4, 0.5) is 5.69 Å². The molecule has 1 atom stereocenters. The van der Waals surface area contributed by atoms with Crippen LogP contribution in [-0.2, 0) is 11.2 Å². The van der Waals surface area contributed by atoms with E-state index >= 15 is 0 Å². The first-order chi connectivity index (χ1) is 12.7. The first-order valence-corrected chi connectivity index (χ1v) is 9.09. The first kappa shape index (κ1) is 19.2. The van der Waals surface area contributed by atoms with E-state index < -0.39 is 0 Å². The quantitative estimate of drug-likeness (QED) is 0.808. The standard InChI is InChI=1S/C22H21N3O.ClH/c23-15-18-5-2-1-4-16(18)8-10-22(26)24-19-9-7-17-11-13-25-12-3-6-21(25)20(17)14-19;/h1-2,4-5,7-10,14,21H,3,6,11-13H2,(H,24,26);1H. The molecule has 1 N–H and O–H groups in total. The molecule has 1 unspecified atom stereocenters. The third-order valence-electron chi connectivity index (χ3n) is 5.30. The second kappa shape index (κ2) is 8.39. The first-order valence-electron chi connectivity index (χ1n) is 9.09. The molecule has 138 valence electrons. The third kappa shape index (κ3) is 4.05. The molecule has 2 aliphatic heterocycles. The Labute approximate surface area is 165 Å². The van der Waals surface area contributed by atoms with Crippen LogP contribution in [0.15, 0.2) is 48.5 Å². The summed E-state index contributed by atoms with van der Waals surface area (Å²) in [5.41, 5.74) is 4.92. The van der Waals surface area contributed by atoms with Crippen LogP contribution < -0.4 is 5.32 Å². The fourth-order valence-electron chi connectivity index (χ4n) is 4.01. The van der Waals surface area contributed by atoms with Crippen molar-refractivity contribution < 1.29 is 4.79 Å². The number of hydrogen-bond acceptors (Lipinski definition) is 3. The van der Waals surface area contributed by atoms with Gasteiger partial charge in [-0.3, -0.25) is 9.69 Å². The second-order valence-electron chi connectivity index (χ2n) is 6.88. The molecule has 27 heavy (non-hydrogen) atoms. The number of benzene rings is 2. The zero-order valence-corrected chi connectivity index (χ0v) is 15.8. The summed E-state index contributed by atoms with van der Waals surface area (Å²) in [5, 5.41) is 12.1. The van der Waals surface area contributed by atoms with E-state index in [2.05, 4.69) is 28.4 Å². The van der Waals surface area contributed by atoms with Gasteiger partial charge in [-0.25, -0.2) is 0 Å². The van der Waals surface area contributed by atoms with Gasteiger partial charge in [-0.15, -0.1) is 12.4 Å². The lowest BCUT2D eigenvalue weighted by Crippen LogP contribution is -2.30. The summed E-state index contributed by atoms with van der Waals surface area (Å²) in [6.45, 7) is 2.33. The summed E-state index contributed by atoms with van der Waals surface area (Å²) in [5.74, 6) is -0.184. The van der Waals surface area contributed by atoms with Gasteiger partial charge >= 0.3 is 0 Å². The van der Waals surface area contributed by atoms with E-state index in [1.54, 1.807) is 12.1 Å². The fourth-order valence-corrected chi connectivity index (χ4v) is 4.01. The normalized spacial score (nSPS) is 18.3. The SMILES string of the molecule is Cl.N#Cc1ccccc1C=CC(=O)Nc1ccc2c(c1)C1CCCN1CC2. The highest BCUT2D eigenvalue weighted by atomic mass is 35.5. The van der Waals surface area contributed by atoms with Crippen molar-refractivity contribution in [3.05, 3.63) is 70.8 Å². The Bertz CT molecular complexity index is 916. The molecule has 1 saturated heterocycles. The number of halogens is 1. The minimum absolute atomic E-state index is 0. The van der Waals surface area contributed by atoms with Crippen molar-refractivity contribution in [1.29, 1.82) is 5.26 Å². The van der Waals surface area contributed by atoms with Crippen LogP contribution in [-0.4, -0.2) is 23.9 Å². The fraction of sp³-hybridized carbons (Fsp3) is 0.273. The number of carbonyl (C=O) groups is 1. The molecule has 2 aliphatic rings. The second-order valence-corrected chi connectivity index (χ2v) is 6.88. The highest BCUT2D eigenvalue weighted by Gasteiger charge is 2.31. The lowest BCUT2D eigenvalue weighted by molar-refractivity contribution is -0.111. The van der Waals surface area contributed by atoms with Gasteiger partial charge in [-0.2, -0.15) is 5.26 Å². The Hall–Kier alpha value is -2.61. The van der Waals surface area contributed by atoms with Crippen molar-refractivity contribution in [2.45, 2.75) is 25.3 Å². The predicted octanol–water partition coefficient (Wildman–Crippen LogP) is 4.32. The van der Waals surface area contributed by atoms with E-state index in [9.17, 15) is 4.79 Å². The summed E-state index contributed by atoms with van der Waals surface area (Å²) in [4.78, 5) is 14.8. The molecule has 0 aliphatic carbocycles. The molecule has 1 amide bonds. The number of anilines is 1. The van der Waals surface area contributed by atoms with Gasteiger partial charge in [0.15, 0.2) is 0 Å². The topological polar surface area (TPSA) is 56.1 Å². The van der Waals surface area contributed by atoms with E-state index in [0.29, 0.717) is 11.6 Å². The van der Waals surface area contributed by atoms with E-state index in [-0.39, 0.29) is 18.3 Å². The monoisotopic (exact) mass is 379 g/mol. The maximum Gasteiger partial charge on any atom is 0.248 e. The molecule has 0 bridgehead atoms. The number of nitriles is 1. The maximum absolute atomic E-state index is 12.3. The van der Waals surface area contributed by atoms with Gasteiger partial charge in [0.1, 0.15) is 0 Å². The van der Waals surface area contributed by atoms with Crippen LogP contribution in [0.5, 0.6) is 0 Å².